The monoisotopic (exact) mass is 370 g/mol. The zero-order chi connectivity index (χ0) is 10.9. The van der Waals surface area contributed by atoms with Gasteiger partial charge in [-0.3, -0.25) is 0 Å². The van der Waals surface area contributed by atoms with Gasteiger partial charge in [-0.25, -0.2) is 0 Å². The van der Waals surface area contributed by atoms with Gasteiger partial charge in [0.05, 0.1) is 0 Å². The van der Waals surface area contributed by atoms with E-state index in [0.717, 1.165) is 0 Å². The summed E-state index contributed by atoms with van der Waals surface area (Å²) >= 11 is 2.41. The molecule has 0 aromatic heterocycles. The van der Waals surface area contributed by atoms with Gasteiger partial charge in [-0.2, -0.15) is 0 Å². The first kappa shape index (κ1) is 15.3. The number of rotatable bonds is 9. The zero-order valence-electron chi connectivity index (χ0n) is 10.2. The van der Waals surface area contributed by atoms with Crippen molar-refractivity contribution in [2.45, 2.75) is 72.6 Å². The number of unbranched alkanes of at least 4 members (excludes halogenated alkanes) is 5. The van der Waals surface area contributed by atoms with E-state index in [1.807, 2.05) is 0 Å². The molecule has 14 heavy (non-hydrogen) atoms. The molecule has 0 fully saturated rings. The first-order valence-corrected chi connectivity index (χ1v) is 18.8. The molecule has 0 saturated heterocycles. The standard InChI is InChI=1S/C8H17.2C2H5.BrH.Sn/c1-3-5-7-8-6-4-2;2*1-2;;/h1,3-8H2,2H3;2*1H2,2H3;1H;/q;;;;+1/p-1. The summed E-state index contributed by atoms with van der Waals surface area (Å²) in [5.74, 6) is 0. The molecule has 0 saturated carbocycles. The van der Waals surface area contributed by atoms with Gasteiger partial charge in [-0.15, -0.1) is 0 Å². The van der Waals surface area contributed by atoms with Crippen LogP contribution in [-0.4, -0.2) is 16.2 Å². The van der Waals surface area contributed by atoms with E-state index in [-0.39, 0.29) is 0 Å². The van der Waals surface area contributed by atoms with Crippen LogP contribution in [0.5, 0.6) is 0 Å². The van der Waals surface area contributed by atoms with Gasteiger partial charge in [0.25, 0.3) is 0 Å². The molecule has 2 heteroatoms. The van der Waals surface area contributed by atoms with Crippen molar-refractivity contribution in [3.63, 3.8) is 0 Å². The van der Waals surface area contributed by atoms with Gasteiger partial charge in [0.15, 0.2) is 0 Å². The molecule has 0 nitrogen and oxygen atoms in total. The summed E-state index contributed by atoms with van der Waals surface area (Å²) in [6.07, 6.45) is 8.70. The minimum absolute atomic E-state index is 1.37. The summed E-state index contributed by atoms with van der Waals surface area (Å²) < 4.78 is 4.51. The Bertz CT molecular complexity index is 121. The third kappa shape index (κ3) is 7.55. The molecule has 0 aliphatic rings. The topological polar surface area (TPSA) is 0 Å². The molecule has 0 atom stereocenters. The Balaban J connectivity index is 3.34. The van der Waals surface area contributed by atoms with E-state index < -0.39 is 16.2 Å². The van der Waals surface area contributed by atoms with E-state index in [0.29, 0.717) is 0 Å². The van der Waals surface area contributed by atoms with Crippen LogP contribution in [0.2, 0.25) is 13.3 Å². The van der Waals surface area contributed by atoms with Crippen LogP contribution in [0.3, 0.4) is 0 Å². The summed E-state index contributed by atoms with van der Waals surface area (Å²) in [6.45, 7) is 7.05. The SMILES string of the molecule is CCCCCCC[CH2][Sn]([Br])([CH2]C)[CH2]C. The van der Waals surface area contributed by atoms with Gasteiger partial charge in [0.2, 0.25) is 0 Å². The maximum absolute atomic E-state index is 4.08. The van der Waals surface area contributed by atoms with E-state index in [4.69, 9.17) is 0 Å². The first-order valence-electron chi connectivity index (χ1n) is 6.37. The van der Waals surface area contributed by atoms with Crippen molar-refractivity contribution in [1.82, 2.24) is 0 Å². The Morgan fingerprint density at radius 3 is 1.79 bits per heavy atom. The minimum atomic E-state index is -1.67. The third-order valence-corrected chi connectivity index (χ3v) is 24.2. The average Bonchev–Trinajstić information content (AvgIpc) is 2.23. The fourth-order valence-electron chi connectivity index (χ4n) is 1.83. The van der Waals surface area contributed by atoms with Gasteiger partial charge in [-0.05, 0) is 0 Å². The second-order valence-corrected chi connectivity index (χ2v) is 27.7. The summed E-state index contributed by atoms with van der Waals surface area (Å²) in [6, 6.07) is 0. The van der Waals surface area contributed by atoms with Crippen LogP contribution < -0.4 is 0 Å². The number of halogens is 1. The molecule has 0 aromatic rings. The normalized spacial score (nSPS) is 12.0. The molecular formula is C12H27BrSn. The zero-order valence-corrected chi connectivity index (χ0v) is 14.7. The molecule has 0 aliphatic carbocycles. The van der Waals surface area contributed by atoms with E-state index in [1.54, 1.807) is 4.44 Å². The van der Waals surface area contributed by atoms with Crippen LogP contribution in [0, 0.1) is 0 Å². The quantitative estimate of drug-likeness (QED) is 0.360. The molecule has 0 heterocycles. The Labute approximate surface area is 101 Å². The predicted molar refractivity (Wildman–Crippen MR) is 73.8 cm³/mol. The molecule has 0 bridgehead atoms. The van der Waals surface area contributed by atoms with Crippen LogP contribution in [0.15, 0.2) is 0 Å². The van der Waals surface area contributed by atoms with Crippen molar-refractivity contribution >= 4 is 28.9 Å². The molecule has 0 rings (SSSR count). The molecule has 0 radical (unpaired) electrons. The van der Waals surface area contributed by atoms with Gasteiger partial charge < -0.3 is 0 Å². The van der Waals surface area contributed by atoms with E-state index in [1.165, 1.54) is 47.4 Å². The molecule has 0 aromatic carbocycles. The van der Waals surface area contributed by atoms with Gasteiger partial charge in [0.1, 0.15) is 0 Å². The Kier molecular flexibility index (Phi) is 10.4. The van der Waals surface area contributed by atoms with Gasteiger partial charge in [-0.1, -0.05) is 0 Å². The second-order valence-electron chi connectivity index (χ2n) is 4.38. The fraction of sp³-hybridized carbons (Fsp3) is 1.00. The molecular weight excluding hydrogens is 343 g/mol. The first-order chi connectivity index (χ1) is 6.68. The van der Waals surface area contributed by atoms with Crippen molar-refractivity contribution in [3.8, 4) is 0 Å². The van der Waals surface area contributed by atoms with Crippen LogP contribution in [0.4, 0.5) is 0 Å². The van der Waals surface area contributed by atoms with Crippen LogP contribution in [-0.2, 0) is 0 Å². The Morgan fingerprint density at radius 2 is 1.29 bits per heavy atom. The van der Waals surface area contributed by atoms with Crippen LogP contribution >= 0.6 is 12.7 Å². The van der Waals surface area contributed by atoms with Crippen molar-refractivity contribution < 1.29 is 0 Å². The molecule has 0 spiro atoms. The van der Waals surface area contributed by atoms with E-state index in [9.17, 15) is 0 Å². The van der Waals surface area contributed by atoms with E-state index >= 15 is 0 Å². The third-order valence-electron chi connectivity index (χ3n) is 3.25. The van der Waals surface area contributed by atoms with Crippen LogP contribution in [0.25, 0.3) is 0 Å². The summed E-state index contributed by atoms with van der Waals surface area (Å²) in [5, 5.41) is 0. The molecule has 86 valence electrons. The van der Waals surface area contributed by atoms with Gasteiger partial charge >= 0.3 is 101 Å². The maximum atomic E-state index is 4.08. The van der Waals surface area contributed by atoms with Gasteiger partial charge in [0, 0.05) is 0 Å². The summed E-state index contributed by atoms with van der Waals surface area (Å²) in [4.78, 5) is 0. The number of hydrogen-bond donors (Lipinski definition) is 0. The molecule has 0 amide bonds. The molecule has 0 aliphatic heterocycles. The predicted octanol–water partition coefficient (Wildman–Crippen LogP) is 5.73. The van der Waals surface area contributed by atoms with Crippen molar-refractivity contribution in [2.24, 2.45) is 0 Å². The molecule has 0 N–H and O–H groups in total. The average molecular weight is 370 g/mol. The summed E-state index contributed by atoms with van der Waals surface area (Å²) in [7, 11) is 0. The van der Waals surface area contributed by atoms with Crippen molar-refractivity contribution in [2.75, 3.05) is 0 Å². The Hall–Kier alpha value is 1.28. The second kappa shape index (κ2) is 9.50. The molecule has 0 unspecified atom stereocenters. The Morgan fingerprint density at radius 1 is 0.786 bits per heavy atom. The number of hydrogen-bond acceptors (Lipinski definition) is 0. The fourth-order valence-corrected chi connectivity index (χ4v) is 9.67. The summed E-state index contributed by atoms with van der Waals surface area (Å²) in [5.41, 5.74) is 0. The van der Waals surface area contributed by atoms with Crippen molar-refractivity contribution in [1.29, 1.82) is 0 Å². The van der Waals surface area contributed by atoms with Crippen molar-refractivity contribution in [3.05, 3.63) is 0 Å². The van der Waals surface area contributed by atoms with E-state index in [2.05, 4.69) is 33.5 Å². The van der Waals surface area contributed by atoms with Crippen LogP contribution in [0.1, 0.15) is 59.3 Å².